The quantitative estimate of drug-likeness (QED) is 0.227. The lowest BCUT2D eigenvalue weighted by Gasteiger charge is -2.20. The van der Waals surface area contributed by atoms with Crippen molar-refractivity contribution in [3.05, 3.63) is 110 Å². The van der Waals surface area contributed by atoms with Crippen LogP contribution in [0.3, 0.4) is 0 Å². The summed E-state index contributed by atoms with van der Waals surface area (Å²) in [4.78, 5) is 46.7. The number of benzene rings is 3. The van der Waals surface area contributed by atoms with E-state index in [1.807, 2.05) is 0 Å². The van der Waals surface area contributed by atoms with Crippen molar-refractivity contribution >= 4 is 46.7 Å². The molecule has 0 spiro atoms. The molecule has 0 atom stereocenters. The number of carboxylic acid groups (broad SMARTS) is 1. The Labute approximate surface area is 226 Å². The maximum Gasteiger partial charge on any atom is 0.399 e. The van der Waals surface area contributed by atoms with Crippen molar-refractivity contribution in [2.24, 2.45) is 4.99 Å². The topological polar surface area (TPSA) is 129 Å². The van der Waals surface area contributed by atoms with Crippen LogP contribution in [0.25, 0.3) is 11.3 Å². The summed E-state index contributed by atoms with van der Waals surface area (Å²) < 4.78 is 41.4. The molecular weight excluding hydrogens is 605 g/mol. The lowest BCUT2D eigenvalue weighted by molar-refractivity contribution is 0.0557. The van der Waals surface area contributed by atoms with E-state index in [4.69, 9.17) is 9.79 Å². The van der Waals surface area contributed by atoms with E-state index in [-0.39, 0.29) is 16.6 Å². The number of rotatable bonds is 7. The second kappa shape index (κ2) is 10.8. The van der Waals surface area contributed by atoms with E-state index in [2.05, 4.69) is 20.9 Å². The van der Waals surface area contributed by atoms with Crippen molar-refractivity contribution in [1.82, 2.24) is 4.57 Å². The summed E-state index contributed by atoms with van der Waals surface area (Å²) in [7, 11) is -5.76. The number of hydrogen-bond acceptors (Lipinski definition) is 4. The van der Waals surface area contributed by atoms with E-state index in [0.717, 1.165) is 17.4 Å². The van der Waals surface area contributed by atoms with Crippen molar-refractivity contribution in [2.45, 2.75) is 12.2 Å². The van der Waals surface area contributed by atoms with Gasteiger partial charge in [-0.25, -0.2) is 4.79 Å². The first kappa shape index (κ1) is 27.7. The van der Waals surface area contributed by atoms with E-state index in [1.54, 1.807) is 52.4 Å². The molecule has 4 rings (SSSR count). The Morgan fingerprint density at radius 3 is 2.24 bits per heavy atom. The van der Waals surface area contributed by atoms with E-state index in [0.29, 0.717) is 27.2 Å². The fraction of sp³-hybridized carbons (Fsp3) is 0.0800. The van der Waals surface area contributed by atoms with Gasteiger partial charge in [-0.05, 0) is 41.5 Å². The third-order valence-corrected chi connectivity index (χ3v) is 8.00. The lowest BCUT2D eigenvalue weighted by atomic mass is 10.1. The number of hydrogen-bond donors (Lipinski definition) is 3. The highest BCUT2D eigenvalue weighted by Gasteiger charge is 2.51. The van der Waals surface area contributed by atoms with Gasteiger partial charge in [0.05, 0.1) is 17.8 Å². The zero-order chi connectivity index (χ0) is 27.7. The molecule has 0 aliphatic heterocycles. The average molecular weight is 623 g/mol. The maximum atomic E-state index is 14.3. The van der Waals surface area contributed by atoms with E-state index >= 15 is 0 Å². The highest BCUT2D eigenvalue weighted by atomic mass is 79.9. The van der Waals surface area contributed by atoms with Crippen LogP contribution in [0.4, 0.5) is 8.78 Å². The Balaban J connectivity index is 1.80. The number of carbonyl (C=O) groups excluding carboxylic acids is 1. The summed E-state index contributed by atoms with van der Waals surface area (Å²) in [5, 5.41) is 10.9. The highest BCUT2D eigenvalue weighted by molar-refractivity contribution is 9.10. The number of nitrogens with zero attached hydrogens (tertiary/aromatic N) is 2. The summed E-state index contributed by atoms with van der Waals surface area (Å²) in [5.41, 5.74) is -3.11. The van der Waals surface area contributed by atoms with Gasteiger partial charge in [-0.2, -0.15) is 13.8 Å². The van der Waals surface area contributed by atoms with Gasteiger partial charge in [0.1, 0.15) is 0 Å². The fourth-order valence-electron chi connectivity index (χ4n) is 3.56. The number of halogens is 3. The van der Waals surface area contributed by atoms with Crippen LogP contribution in [0.5, 0.6) is 0 Å². The zero-order valence-corrected chi connectivity index (χ0v) is 22.5. The molecule has 0 aliphatic carbocycles. The molecule has 3 N–H and O–H groups in total. The first-order chi connectivity index (χ1) is 17.9. The zero-order valence-electron chi connectivity index (χ0n) is 19.2. The van der Waals surface area contributed by atoms with Crippen LogP contribution >= 0.6 is 34.9 Å². The largest absolute Gasteiger partial charge is 0.478 e. The minimum absolute atomic E-state index is 0.0563. The molecule has 0 unspecified atom stereocenters. The monoisotopic (exact) mass is 622 g/mol. The van der Waals surface area contributed by atoms with Crippen molar-refractivity contribution < 1.29 is 37.8 Å². The average Bonchev–Trinajstić information content (AvgIpc) is 3.25. The Morgan fingerprint density at radius 2 is 1.66 bits per heavy atom. The molecule has 0 radical (unpaired) electrons. The van der Waals surface area contributed by atoms with Gasteiger partial charge < -0.3 is 19.5 Å². The Morgan fingerprint density at radius 1 is 1.00 bits per heavy atom. The van der Waals surface area contributed by atoms with Crippen molar-refractivity contribution in [3.63, 3.8) is 0 Å². The highest BCUT2D eigenvalue weighted by Crippen LogP contribution is 2.60. The third-order valence-electron chi connectivity index (χ3n) is 5.51. The molecule has 196 valence electrons. The molecule has 8 nitrogen and oxygen atoms in total. The van der Waals surface area contributed by atoms with Gasteiger partial charge in [0.15, 0.2) is 4.80 Å². The second-order valence-corrected chi connectivity index (χ2v) is 11.4. The smallest absolute Gasteiger partial charge is 0.399 e. The molecule has 0 fully saturated rings. The van der Waals surface area contributed by atoms with Gasteiger partial charge in [-0.3, -0.25) is 9.36 Å². The van der Waals surface area contributed by atoms with Gasteiger partial charge in [-0.15, -0.1) is 11.3 Å². The number of aromatic nitrogens is 1. The predicted molar refractivity (Wildman–Crippen MR) is 140 cm³/mol. The van der Waals surface area contributed by atoms with Gasteiger partial charge in [0.25, 0.3) is 5.91 Å². The number of amides is 1. The van der Waals surface area contributed by atoms with Crippen molar-refractivity contribution in [3.8, 4) is 11.3 Å². The minimum atomic E-state index is -5.76. The molecule has 38 heavy (non-hydrogen) atoms. The van der Waals surface area contributed by atoms with E-state index in [1.165, 1.54) is 24.3 Å². The molecule has 0 bridgehead atoms. The number of alkyl halides is 2. The summed E-state index contributed by atoms with van der Waals surface area (Å²) in [6, 6.07) is 18.0. The predicted octanol–water partition coefficient (Wildman–Crippen LogP) is 5.69. The molecule has 0 saturated carbocycles. The van der Waals surface area contributed by atoms with E-state index in [9.17, 15) is 28.0 Å². The van der Waals surface area contributed by atoms with Crippen LogP contribution in [0, 0.1) is 0 Å². The van der Waals surface area contributed by atoms with Gasteiger partial charge >= 0.3 is 19.2 Å². The van der Waals surface area contributed by atoms with Crippen LogP contribution in [0.1, 0.15) is 31.8 Å². The first-order valence-corrected chi connectivity index (χ1v) is 14.1. The van der Waals surface area contributed by atoms with Crippen LogP contribution in [0.15, 0.2) is 87.6 Å². The summed E-state index contributed by atoms with van der Waals surface area (Å²) >= 11 is 4.15. The molecule has 0 aliphatic rings. The number of carbonyl (C=O) groups is 2. The molecule has 1 heterocycles. The minimum Gasteiger partial charge on any atom is -0.478 e. The maximum absolute atomic E-state index is 14.3. The van der Waals surface area contributed by atoms with Crippen molar-refractivity contribution in [2.75, 3.05) is 0 Å². The second-order valence-electron chi connectivity index (χ2n) is 8.05. The van der Waals surface area contributed by atoms with Crippen molar-refractivity contribution in [1.29, 1.82) is 0 Å². The third kappa shape index (κ3) is 5.74. The van der Waals surface area contributed by atoms with Gasteiger partial charge in [0, 0.05) is 21.0 Å². The summed E-state index contributed by atoms with van der Waals surface area (Å²) in [6.07, 6.45) is 0. The van der Waals surface area contributed by atoms with E-state index < -0.39 is 30.7 Å². The first-order valence-electron chi connectivity index (χ1n) is 10.8. The Kier molecular flexibility index (Phi) is 7.91. The SMILES string of the molecule is O=C(O)c1ccc(-c2cs/c(=N\C(=O)c3ccccc3)n2Cc2ccc(C(F)(F)P(=O)(O)O)c(Br)c2)cc1. The van der Waals surface area contributed by atoms with Crippen LogP contribution in [-0.2, 0) is 16.8 Å². The number of carboxylic acids is 1. The molecule has 4 aromatic rings. The number of thiazole rings is 1. The lowest BCUT2D eigenvalue weighted by Crippen LogP contribution is -2.19. The molecule has 13 heteroatoms. The normalized spacial score (nSPS) is 12.5. The molecular formula is C25H18BrF2N2O6PS. The van der Waals surface area contributed by atoms with Crippen LogP contribution in [-0.4, -0.2) is 31.3 Å². The van der Waals surface area contributed by atoms with Gasteiger partial charge in [-0.1, -0.05) is 58.4 Å². The Bertz CT molecular complexity index is 1630. The molecule has 1 amide bonds. The molecule has 1 aromatic heterocycles. The Hall–Kier alpha value is -3.28. The van der Waals surface area contributed by atoms with Crippen LogP contribution in [0.2, 0.25) is 0 Å². The van der Waals surface area contributed by atoms with Crippen LogP contribution < -0.4 is 4.80 Å². The summed E-state index contributed by atoms with van der Waals surface area (Å²) in [6.45, 7) is 0.0563. The molecule has 3 aromatic carbocycles. The molecule has 0 saturated heterocycles. The summed E-state index contributed by atoms with van der Waals surface area (Å²) in [5.74, 6) is -1.58. The number of aromatic carboxylic acids is 1. The standard InChI is InChI=1S/C25H18BrF2N2O6PS/c26-20-12-15(6-11-19(20)25(27,28)37(34,35)36)13-30-21(16-7-9-18(10-8-16)23(32)33)14-38-24(30)29-22(31)17-4-2-1-3-5-17/h1-12,14H,13H2,(H,32,33)(H2,34,35,36)/b29-24-. The van der Waals surface area contributed by atoms with Gasteiger partial charge in [0.2, 0.25) is 0 Å². The fourth-order valence-corrected chi connectivity index (χ4v) is 5.80.